The van der Waals surface area contributed by atoms with E-state index < -0.39 is 0 Å². The molecule has 0 aromatic heterocycles. The number of anilines is 1. The maximum Gasteiger partial charge on any atom is 0.224 e. The standard InChI is InChI=1S/C22H23NO2/c24-21(19-8-7-15-3-1-5-17(15)13-19)11-12-22(25)23-20-10-9-16-4-2-6-18(16)14-20/h7-10,13-14H,1-6,11-12H2,(H,23,25). The number of ketones is 1. The maximum absolute atomic E-state index is 12.4. The molecule has 1 N–H and O–H groups in total. The number of Topliss-reactive ketones (excluding diaryl/α,β-unsaturated/α-hetero) is 1. The third kappa shape index (κ3) is 3.51. The monoisotopic (exact) mass is 333 g/mol. The van der Waals surface area contributed by atoms with E-state index in [1.54, 1.807) is 0 Å². The van der Waals surface area contributed by atoms with E-state index in [0.29, 0.717) is 0 Å². The highest BCUT2D eigenvalue weighted by atomic mass is 16.2. The quantitative estimate of drug-likeness (QED) is 0.831. The van der Waals surface area contributed by atoms with Gasteiger partial charge < -0.3 is 5.32 Å². The number of amides is 1. The van der Waals surface area contributed by atoms with Crippen LogP contribution in [-0.4, -0.2) is 11.7 Å². The smallest absolute Gasteiger partial charge is 0.224 e. The molecule has 0 aliphatic heterocycles. The Labute approximate surface area is 148 Å². The van der Waals surface area contributed by atoms with E-state index in [1.165, 1.54) is 35.1 Å². The minimum Gasteiger partial charge on any atom is -0.326 e. The first-order valence-electron chi connectivity index (χ1n) is 9.26. The Morgan fingerprint density at radius 2 is 1.40 bits per heavy atom. The van der Waals surface area contributed by atoms with E-state index in [0.717, 1.165) is 36.9 Å². The minimum absolute atomic E-state index is 0.0544. The van der Waals surface area contributed by atoms with E-state index in [-0.39, 0.29) is 24.5 Å². The van der Waals surface area contributed by atoms with E-state index in [4.69, 9.17) is 0 Å². The fourth-order valence-corrected chi connectivity index (χ4v) is 3.99. The molecule has 128 valence electrons. The third-order valence-corrected chi connectivity index (χ3v) is 5.38. The normalized spacial score (nSPS) is 14.9. The molecule has 0 saturated carbocycles. The van der Waals surface area contributed by atoms with Gasteiger partial charge in [-0.2, -0.15) is 0 Å². The second-order valence-electron chi connectivity index (χ2n) is 7.15. The number of carbonyl (C=O) groups excluding carboxylic acids is 2. The van der Waals surface area contributed by atoms with Crippen molar-refractivity contribution in [3.05, 3.63) is 64.2 Å². The van der Waals surface area contributed by atoms with Crippen LogP contribution in [0.3, 0.4) is 0 Å². The molecule has 2 aromatic rings. The molecule has 0 bridgehead atoms. The van der Waals surface area contributed by atoms with Crippen LogP contribution in [0.5, 0.6) is 0 Å². The Hall–Kier alpha value is -2.42. The zero-order chi connectivity index (χ0) is 17.2. The Morgan fingerprint density at radius 1 is 0.760 bits per heavy atom. The number of carbonyl (C=O) groups is 2. The van der Waals surface area contributed by atoms with Crippen molar-refractivity contribution in [3.63, 3.8) is 0 Å². The number of hydrogen-bond acceptors (Lipinski definition) is 2. The molecular weight excluding hydrogens is 310 g/mol. The van der Waals surface area contributed by atoms with E-state index in [2.05, 4.69) is 23.5 Å². The fourth-order valence-electron chi connectivity index (χ4n) is 3.99. The largest absolute Gasteiger partial charge is 0.326 e. The minimum atomic E-state index is -0.0903. The van der Waals surface area contributed by atoms with Gasteiger partial charge >= 0.3 is 0 Å². The van der Waals surface area contributed by atoms with Crippen molar-refractivity contribution >= 4 is 17.4 Å². The number of rotatable bonds is 5. The lowest BCUT2D eigenvalue weighted by atomic mass is 10.0. The van der Waals surface area contributed by atoms with Crippen LogP contribution in [0.25, 0.3) is 0 Å². The molecule has 0 atom stereocenters. The molecule has 25 heavy (non-hydrogen) atoms. The van der Waals surface area contributed by atoms with Gasteiger partial charge in [-0.1, -0.05) is 18.2 Å². The predicted molar refractivity (Wildman–Crippen MR) is 99.1 cm³/mol. The first-order chi connectivity index (χ1) is 12.2. The number of aryl methyl sites for hydroxylation is 4. The highest BCUT2D eigenvalue weighted by molar-refractivity contribution is 6.00. The molecule has 3 heteroatoms. The van der Waals surface area contributed by atoms with E-state index in [9.17, 15) is 9.59 Å². The molecule has 0 radical (unpaired) electrons. The summed E-state index contributed by atoms with van der Waals surface area (Å²) in [7, 11) is 0. The predicted octanol–water partition coefficient (Wildman–Crippen LogP) is 4.27. The van der Waals surface area contributed by atoms with Crippen LogP contribution in [0.2, 0.25) is 0 Å². The molecular formula is C22H23NO2. The topological polar surface area (TPSA) is 46.2 Å². The SMILES string of the molecule is O=C(CCC(=O)c1ccc2c(c1)CCC2)Nc1ccc2c(c1)CCC2. The van der Waals surface area contributed by atoms with Crippen LogP contribution < -0.4 is 5.32 Å². The Kier molecular flexibility index (Phi) is 4.39. The van der Waals surface area contributed by atoms with Crippen LogP contribution >= 0.6 is 0 Å². The summed E-state index contributed by atoms with van der Waals surface area (Å²) in [6.45, 7) is 0. The van der Waals surface area contributed by atoms with Crippen molar-refractivity contribution in [3.8, 4) is 0 Å². The van der Waals surface area contributed by atoms with Gasteiger partial charge in [0.05, 0.1) is 0 Å². The summed E-state index contributed by atoms with van der Waals surface area (Å²) in [5, 5.41) is 2.93. The van der Waals surface area contributed by atoms with E-state index in [1.807, 2.05) is 18.2 Å². The van der Waals surface area contributed by atoms with E-state index >= 15 is 0 Å². The third-order valence-electron chi connectivity index (χ3n) is 5.38. The van der Waals surface area contributed by atoms with Crippen LogP contribution in [0.15, 0.2) is 36.4 Å². The molecule has 2 aliphatic carbocycles. The number of nitrogens with one attached hydrogen (secondary N) is 1. The van der Waals surface area contributed by atoms with Crippen LogP contribution in [0.1, 0.15) is 58.3 Å². The van der Waals surface area contributed by atoms with Gasteiger partial charge in [0.1, 0.15) is 0 Å². The lowest BCUT2D eigenvalue weighted by Crippen LogP contribution is -2.13. The van der Waals surface area contributed by atoms with Gasteiger partial charge in [0.25, 0.3) is 0 Å². The van der Waals surface area contributed by atoms with Gasteiger partial charge in [0.2, 0.25) is 5.91 Å². The van der Waals surface area contributed by atoms with Crippen LogP contribution in [0.4, 0.5) is 5.69 Å². The lowest BCUT2D eigenvalue weighted by Gasteiger charge is -2.08. The Bertz CT molecular complexity index is 838. The van der Waals surface area contributed by atoms with Gasteiger partial charge in [-0.15, -0.1) is 0 Å². The average molecular weight is 333 g/mol. The van der Waals surface area contributed by atoms with Crippen LogP contribution in [-0.2, 0) is 30.5 Å². The second-order valence-corrected chi connectivity index (χ2v) is 7.15. The highest BCUT2D eigenvalue weighted by Crippen LogP contribution is 2.25. The van der Waals surface area contributed by atoms with Crippen molar-refractivity contribution in [2.75, 3.05) is 5.32 Å². The summed E-state index contributed by atoms with van der Waals surface area (Å²) in [4.78, 5) is 24.5. The Balaban J connectivity index is 1.33. The average Bonchev–Trinajstić information content (AvgIpc) is 3.27. The summed E-state index contributed by atoms with van der Waals surface area (Å²) >= 11 is 0. The number of benzene rings is 2. The summed E-state index contributed by atoms with van der Waals surface area (Å²) in [5.74, 6) is -0.0359. The van der Waals surface area contributed by atoms with Crippen molar-refractivity contribution < 1.29 is 9.59 Å². The maximum atomic E-state index is 12.4. The van der Waals surface area contributed by atoms with Gasteiger partial charge in [-0.25, -0.2) is 0 Å². The van der Waals surface area contributed by atoms with Gasteiger partial charge in [-0.3, -0.25) is 9.59 Å². The van der Waals surface area contributed by atoms with Crippen molar-refractivity contribution in [1.82, 2.24) is 0 Å². The summed E-state index contributed by atoms with van der Waals surface area (Å²) in [6.07, 6.45) is 7.28. The molecule has 2 aromatic carbocycles. The highest BCUT2D eigenvalue weighted by Gasteiger charge is 2.16. The second kappa shape index (κ2) is 6.83. The molecule has 0 unspecified atom stereocenters. The summed E-state index contributed by atoms with van der Waals surface area (Å²) < 4.78 is 0. The first kappa shape index (κ1) is 16.1. The number of fused-ring (bicyclic) bond motifs is 2. The molecule has 1 amide bonds. The zero-order valence-corrected chi connectivity index (χ0v) is 14.4. The van der Waals surface area contributed by atoms with Crippen LogP contribution in [0, 0.1) is 0 Å². The molecule has 0 heterocycles. The zero-order valence-electron chi connectivity index (χ0n) is 14.4. The molecule has 0 saturated heterocycles. The van der Waals surface area contributed by atoms with Crippen molar-refractivity contribution in [1.29, 1.82) is 0 Å². The van der Waals surface area contributed by atoms with Gasteiger partial charge in [0.15, 0.2) is 5.78 Å². The summed E-state index contributed by atoms with van der Waals surface area (Å²) in [5.41, 5.74) is 6.98. The summed E-state index contributed by atoms with van der Waals surface area (Å²) in [6, 6.07) is 12.1. The molecule has 3 nitrogen and oxygen atoms in total. The molecule has 4 rings (SSSR count). The Morgan fingerprint density at radius 3 is 2.16 bits per heavy atom. The molecule has 2 aliphatic rings. The first-order valence-corrected chi connectivity index (χ1v) is 9.26. The van der Waals surface area contributed by atoms with Crippen molar-refractivity contribution in [2.45, 2.75) is 51.4 Å². The van der Waals surface area contributed by atoms with Gasteiger partial charge in [-0.05, 0) is 79.0 Å². The van der Waals surface area contributed by atoms with Gasteiger partial charge in [0, 0.05) is 24.1 Å². The molecule has 0 spiro atoms. The molecule has 0 fully saturated rings. The fraction of sp³-hybridized carbons (Fsp3) is 0.364. The lowest BCUT2D eigenvalue weighted by molar-refractivity contribution is -0.116. The van der Waals surface area contributed by atoms with Crippen molar-refractivity contribution in [2.24, 2.45) is 0 Å². The number of hydrogen-bond donors (Lipinski definition) is 1.